The van der Waals surface area contributed by atoms with Gasteiger partial charge in [-0.2, -0.15) is 0 Å². The van der Waals surface area contributed by atoms with E-state index in [0.29, 0.717) is 25.3 Å². The minimum absolute atomic E-state index is 0.247. The van der Waals surface area contributed by atoms with Crippen LogP contribution in [0.4, 0.5) is 0 Å². The molecule has 0 bridgehead atoms. The molecular formula is C12H14BrN5O. The number of halogens is 1. The molecule has 19 heavy (non-hydrogen) atoms. The fraction of sp³-hybridized carbons (Fsp3) is 0.250. The highest BCUT2D eigenvalue weighted by molar-refractivity contribution is 9.10. The van der Waals surface area contributed by atoms with Crippen molar-refractivity contribution in [2.75, 3.05) is 6.54 Å². The molecule has 0 fully saturated rings. The topological polar surface area (TPSA) is 85.8 Å². The van der Waals surface area contributed by atoms with Gasteiger partial charge in [0, 0.05) is 17.6 Å². The first-order valence-electron chi connectivity index (χ1n) is 5.82. The van der Waals surface area contributed by atoms with Gasteiger partial charge in [0.15, 0.2) is 5.69 Å². The zero-order valence-electron chi connectivity index (χ0n) is 10.2. The number of amides is 1. The first-order valence-corrected chi connectivity index (χ1v) is 6.61. The Morgan fingerprint density at radius 2 is 2.32 bits per heavy atom. The number of nitrogens with one attached hydrogen (secondary N) is 1. The van der Waals surface area contributed by atoms with Crippen LogP contribution in [0.1, 0.15) is 16.1 Å². The molecule has 3 N–H and O–H groups in total. The third-order valence-corrected chi connectivity index (χ3v) is 2.96. The van der Waals surface area contributed by atoms with Gasteiger partial charge in [0.1, 0.15) is 0 Å². The predicted octanol–water partition coefficient (Wildman–Crippen LogP) is 0.929. The SMILES string of the molecule is NCCn1cc(C(=O)NCc2cccc(Br)c2)nn1. The van der Waals surface area contributed by atoms with E-state index in [1.54, 1.807) is 10.9 Å². The summed E-state index contributed by atoms with van der Waals surface area (Å²) in [6, 6.07) is 7.74. The Kier molecular flexibility index (Phi) is 4.64. The summed E-state index contributed by atoms with van der Waals surface area (Å²) in [7, 11) is 0. The van der Waals surface area contributed by atoms with Crippen LogP contribution in [0.15, 0.2) is 34.9 Å². The van der Waals surface area contributed by atoms with Gasteiger partial charge in [-0.3, -0.25) is 9.48 Å². The summed E-state index contributed by atoms with van der Waals surface area (Å²) < 4.78 is 2.53. The van der Waals surface area contributed by atoms with Gasteiger partial charge in [0.25, 0.3) is 5.91 Å². The lowest BCUT2D eigenvalue weighted by atomic mass is 10.2. The van der Waals surface area contributed by atoms with Crippen LogP contribution in [0.5, 0.6) is 0 Å². The lowest BCUT2D eigenvalue weighted by Crippen LogP contribution is -2.23. The molecule has 1 heterocycles. The Labute approximate surface area is 119 Å². The molecular weight excluding hydrogens is 310 g/mol. The fourth-order valence-electron chi connectivity index (χ4n) is 1.56. The lowest BCUT2D eigenvalue weighted by molar-refractivity contribution is 0.0946. The van der Waals surface area contributed by atoms with E-state index in [4.69, 9.17) is 5.73 Å². The highest BCUT2D eigenvalue weighted by atomic mass is 79.9. The highest BCUT2D eigenvalue weighted by Crippen LogP contribution is 2.11. The molecule has 7 heteroatoms. The molecule has 0 spiro atoms. The van der Waals surface area contributed by atoms with Crippen LogP contribution >= 0.6 is 15.9 Å². The highest BCUT2D eigenvalue weighted by Gasteiger charge is 2.10. The zero-order chi connectivity index (χ0) is 13.7. The second-order valence-electron chi connectivity index (χ2n) is 3.97. The van der Waals surface area contributed by atoms with Crippen molar-refractivity contribution in [3.05, 3.63) is 46.2 Å². The van der Waals surface area contributed by atoms with Gasteiger partial charge in [-0.15, -0.1) is 5.10 Å². The van der Waals surface area contributed by atoms with Crippen molar-refractivity contribution < 1.29 is 4.79 Å². The molecule has 0 aliphatic carbocycles. The summed E-state index contributed by atoms with van der Waals surface area (Å²) in [5.74, 6) is -0.247. The summed E-state index contributed by atoms with van der Waals surface area (Å²) in [5.41, 5.74) is 6.71. The van der Waals surface area contributed by atoms with Crippen molar-refractivity contribution in [3.8, 4) is 0 Å². The van der Waals surface area contributed by atoms with Crippen LogP contribution in [0, 0.1) is 0 Å². The minimum atomic E-state index is -0.247. The monoisotopic (exact) mass is 323 g/mol. The molecule has 0 saturated heterocycles. The maximum Gasteiger partial charge on any atom is 0.273 e. The Hall–Kier alpha value is -1.73. The first-order chi connectivity index (χ1) is 9.19. The molecule has 2 aromatic rings. The van der Waals surface area contributed by atoms with Gasteiger partial charge in [-0.05, 0) is 17.7 Å². The van der Waals surface area contributed by atoms with Gasteiger partial charge in [0.2, 0.25) is 0 Å². The predicted molar refractivity (Wildman–Crippen MR) is 74.4 cm³/mol. The van der Waals surface area contributed by atoms with Gasteiger partial charge < -0.3 is 11.1 Å². The van der Waals surface area contributed by atoms with E-state index in [9.17, 15) is 4.79 Å². The van der Waals surface area contributed by atoms with Crippen LogP contribution < -0.4 is 11.1 Å². The van der Waals surface area contributed by atoms with Gasteiger partial charge in [-0.1, -0.05) is 33.3 Å². The Morgan fingerprint density at radius 3 is 3.05 bits per heavy atom. The molecule has 0 aliphatic heterocycles. The van der Waals surface area contributed by atoms with Gasteiger partial charge in [-0.25, -0.2) is 0 Å². The Bertz CT molecular complexity index is 569. The summed E-state index contributed by atoms with van der Waals surface area (Å²) >= 11 is 3.38. The number of rotatable bonds is 5. The third kappa shape index (κ3) is 3.87. The molecule has 1 aromatic heterocycles. The molecule has 0 atom stereocenters. The summed E-state index contributed by atoms with van der Waals surface area (Å²) in [6.07, 6.45) is 1.59. The van der Waals surface area contributed by atoms with E-state index >= 15 is 0 Å². The van der Waals surface area contributed by atoms with E-state index in [1.165, 1.54) is 0 Å². The second kappa shape index (κ2) is 6.44. The molecule has 0 saturated carbocycles. The van der Waals surface area contributed by atoms with Crippen molar-refractivity contribution >= 4 is 21.8 Å². The minimum Gasteiger partial charge on any atom is -0.347 e. The van der Waals surface area contributed by atoms with Gasteiger partial charge in [0.05, 0.1) is 12.7 Å². The van der Waals surface area contributed by atoms with Crippen LogP contribution in [0.2, 0.25) is 0 Å². The maximum absolute atomic E-state index is 11.9. The van der Waals surface area contributed by atoms with Crippen molar-refractivity contribution in [2.45, 2.75) is 13.1 Å². The largest absolute Gasteiger partial charge is 0.347 e. The standard InChI is InChI=1S/C12H14BrN5O/c13-10-3-1-2-9(6-10)7-15-12(19)11-8-18(5-4-14)17-16-11/h1-3,6,8H,4-5,7,14H2,(H,15,19). The van der Waals surface area contributed by atoms with E-state index < -0.39 is 0 Å². The summed E-state index contributed by atoms with van der Waals surface area (Å²) in [6.45, 7) is 1.45. The number of benzene rings is 1. The lowest BCUT2D eigenvalue weighted by Gasteiger charge is -2.03. The molecule has 2 rings (SSSR count). The summed E-state index contributed by atoms with van der Waals surface area (Å²) in [4.78, 5) is 11.9. The number of nitrogens with zero attached hydrogens (tertiary/aromatic N) is 3. The number of carbonyl (C=O) groups excluding carboxylic acids is 1. The third-order valence-electron chi connectivity index (χ3n) is 2.47. The normalized spacial score (nSPS) is 10.4. The molecule has 0 aliphatic rings. The molecule has 1 aromatic carbocycles. The van der Waals surface area contributed by atoms with Crippen molar-refractivity contribution in [1.82, 2.24) is 20.3 Å². The van der Waals surface area contributed by atoms with E-state index in [0.717, 1.165) is 10.0 Å². The van der Waals surface area contributed by atoms with Crippen molar-refractivity contribution in [1.29, 1.82) is 0 Å². The average molecular weight is 324 g/mol. The molecule has 0 radical (unpaired) electrons. The van der Waals surface area contributed by atoms with E-state index in [1.807, 2.05) is 24.3 Å². The number of hydrogen-bond donors (Lipinski definition) is 2. The number of nitrogens with two attached hydrogens (primary N) is 1. The first kappa shape index (κ1) is 13.7. The number of hydrogen-bond acceptors (Lipinski definition) is 4. The van der Waals surface area contributed by atoms with Crippen LogP contribution in [-0.4, -0.2) is 27.4 Å². The smallest absolute Gasteiger partial charge is 0.273 e. The fourth-order valence-corrected chi connectivity index (χ4v) is 2.01. The molecule has 100 valence electrons. The molecule has 6 nitrogen and oxygen atoms in total. The Morgan fingerprint density at radius 1 is 1.47 bits per heavy atom. The molecule has 0 unspecified atom stereocenters. The van der Waals surface area contributed by atoms with Crippen LogP contribution in [-0.2, 0) is 13.1 Å². The number of carbonyl (C=O) groups is 1. The average Bonchev–Trinajstić information content (AvgIpc) is 2.85. The van der Waals surface area contributed by atoms with Gasteiger partial charge >= 0.3 is 0 Å². The zero-order valence-corrected chi connectivity index (χ0v) is 11.8. The summed E-state index contributed by atoms with van der Waals surface area (Å²) in [5, 5.41) is 10.4. The van der Waals surface area contributed by atoms with Crippen LogP contribution in [0.3, 0.4) is 0 Å². The van der Waals surface area contributed by atoms with Crippen molar-refractivity contribution in [3.63, 3.8) is 0 Å². The van der Waals surface area contributed by atoms with E-state index in [-0.39, 0.29) is 5.91 Å². The Balaban J connectivity index is 1.93. The quantitative estimate of drug-likeness (QED) is 0.857. The van der Waals surface area contributed by atoms with Crippen molar-refractivity contribution in [2.24, 2.45) is 5.73 Å². The van der Waals surface area contributed by atoms with E-state index in [2.05, 4.69) is 31.6 Å². The number of aromatic nitrogens is 3. The molecule has 1 amide bonds. The maximum atomic E-state index is 11.9. The van der Waals surface area contributed by atoms with Crippen LogP contribution in [0.25, 0.3) is 0 Å². The second-order valence-corrected chi connectivity index (χ2v) is 4.88.